The summed E-state index contributed by atoms with van der Waals surface area (Å²) in [5, 5.41) is 6.10. The van der Waals surface area contributed by atoms with Crippen LogP contribution in [0.2, 0.25) is 0 Å². The van der Waals surface area contributed by atoms with Crippen LogP contribution < -0.4 is 16.2 Å². The van der Waals surface area contributed by atoms with Crippen LogP contribution in [0.15, 0.2) is 34.2 Å². The Hall–Kier alpha value is -2.35. The molecule has 2 aromatic rings. The zero-order chi connectivity index (χ0) is 20.1. The lowest BCUT2D eigenvalue weighted by Gasteiger charge is -2.18. The smallest absolute Gasteiger partial charge is 0.321 e. The van der Waals surface area contributed by atoms with E-state index in [4.69, 9.17) is 0 Å². The van der Waals surface area contributed by atoms with E-state index in [1.807, 2.05) is 26.0 Å². The van der Waals surface area contributed by atoms with Crippen LogP contribution >= 0.6 is 11.8 Å². The van der Waals surface area contributed by atoms with Gasteiger partial charge in [0.15, 0.2) is 5.16 Å². The van der Waals surface area contributed by atoms with Crippen LogP contribution in [0.4, 0.5) is 4.79 Å². The second-order valence-corrected chi connectivity index (χ2v) is 8.41. The van der Waals surface area contributed by atoms with Crippen molar-refractivity contribution in [2.75, 3.05) is 12.3 Å². The van der Waals surface area contributed by atoms with Crippen LogP contribution in [0.25, 0.3) is 10.9 Å². The van der Waals surface area contributed by atoms with Crippen molar-refractivity contribution >= 4 is 34.6 Å². The third-order valence-corrected chi connectivity index (χ3v) is 5.67. The molecule has 0 spiro atoms. The Balaban J connectivity index is 1.76. The van der Waals surface area contributed by atoms with Crippen LogP contribution in [0.1, 0.15) is 45.6 Å². The highest BCUT2D eigenvalue weighted by Crippen LogP contribution is 2.32. The van der Waals surface area contributed by atoms with Gasteiger partial charge in [0, 0.05) is 12.6 Å². The van der Waals surface area contributed by atoms with Crippen molar-refractivity contribution < 1.29 is 9.59 Å². The quantitative estimate of drug-likeness (QED) is 0.572. The normalized spacial score (nSPS) is 14.5. The van der Waals surface area contributed by atoms with Crippen molar-refractivity contribution in [2.24, 2.45) is 5.92 Å². The number of imide groups is 1. The summed E-state index contributed by atoms with van der Waals surface area (Å²) in [6.45, 7) is 4.46. The highest BCUT2D eigenvalue weighted by atomic mass is 32.2. The molecule has 0 saturated heterocycles. The molecule has 1 aromatic carbocycles. The summed E-state index contributed by atoms with van der Waals surface area (Å²) >= 11 is 1.20. The predicted molar refractivity (Wildman–Crippen MR) is 111 cm³/mol. The molecule has 1 fully saturated rings. The van der Waals surface area contributed by atoms with Gasteiger partial charge in [-0.2, -0.15) is 0 Å². The number of nitrogens with zero attached hydrogens (tertiary/aromatic N) is 2. The average Bonchev–Trinajstić information content (AvgIpc) is 3.19. The van der Waals surface area contributed by atoms with Crippen LogP contribution in [-0.4, -0.2) is 33.8 Å². The van der Waals surface area contributed by atoms with Crippen molar-refractivity contribution in [2.45, 2.75) is 50.7 Å². The number of fused-ring (bicyclic) bond motifs is 1. The molecular weight excluding hydrogens is 376 g/mol. The number of urea groups is 1. The molecule has 28 heavy (non-hydrogen) atoms. The largest absolute Gasteiger partial charge is 0.338 e. The van der Waals surface area contributed by atoms with Crippen LogP contribution in [-0.2, 0) is 4.79 Å². The zero-order valence-corrected chi connectivity index (χ0v) is 17.1. The van der Waals surface area contributed by atoms with E-state index in [0.717, 1.165) is 25.7 Å². The number of benzene rings is 1. The maximum atomic E-state index is 13.1. The van der Waals surface area contributed by atoms with E-state index in [2.05, 4.69) is 15.6 Å². The standard InChI is InChI=1S/C20H26N4O3S/c1-13(2)11-21-19(27)23-17(25)12-28-20-22-16-10-6-5-9-15(16)18(26)24(20)14-7-3-4-8-14/h5-6,9-10,13-14H,3-4,7-8,11-12H2,1-2H3,(H2,21,23,25,27). The Morgan fingerprint density at radius 2 is 1.96 bits per heavy atom. The monoisotopic (exact) mass is 402 g/mol. The molecule has 3 amide bonds. The number of para-hydroxylation sites is 1. The molecule has 0 atom stereocenters. The van der Waals surface area contributed by atoms with E-state index < -0.39 is 11.9 Å². The van der Waals surface area contributed by atoms with Gasteiger partial charge in [0.1, 0.15) is 0 Å². The minimum absolute atomic E-state index is 0.0204. The first-order valence-electron chi connectivity index (χ1n) is 9.67. The third kappa shape index (κ3) is 4.92. The molecule has 8 heteroatoms. The number of carbonyl (C=O) groups is 2. The summed E-state index contributed by atoms with van der Waals surface area (Å²) in [6.07, 6.45) is 4.06. The number of hydrogen-bond acceptors (Lipinski definition) is 5. The number of thioether (sulfide) groups is 1. The summed E-state index contributed by atoms with van der Waals surface area (Å²) in [7, 11) is 0. The second-order valence-electron chi connectivity index (χ2n) is 7.47. The van der Waals surface area contributed by atoms with Gasteiger partial charge in [0.2, 0.25) is 5.91 Å². The van der Waals surface area contributed by atoms with E-state index >= 15 is 0 Å². The Morgan fingerprint density at radius 1 is 1.25 bits per heavy atom. The fourth-order valence-electron chi connectivity index (χ4n) is 3.35. The first-order valence-corrected chi connectivity index (χ1v) is 10.7. The van der Waals surface area contributed by atoms with E-state index in [0.29, 0.717) is 28.5 Å². The van der Waals surface area contributed by atoms with Gasteiger partial charge in [-0.25, -0.2) is 9.78 Å². The molecule has 1 aliphatic carbocycles. The number of hydrogen-bond donors (Lipinski definition) is 2. The van der Waals surface area contributed by atoms with E-state index in [-0.39, 0.29) is 17.4 Å². The maximum absolute atomic E-state index is 13.1. The van der Waals surface area contributed by atoms with Crippen LogP contribution in [0.3, 0.4) is 0 Å². The fourth-order valence-corrected chi connectivity index (χ4v) is 4.21. The number of amides is 3. The van der Waals surface area contributed by atoms with Gasteiger partial charge in [-0.3, -0.25) is 19.5 Å². The number of rotatable bonds is 6. The van der Waals surface area contributed by atoms with Crippen LogP contribution in [0, 0.1) is 5.92 Å². The van der Waals surface area contributed by atoms with Crippen LogP contribution in [0.5, 0.6) is 0 Å². The van der Waals surface area contributed by atoms with Gasteiger partial charge in [0.05, 0.1) is 16.7 Å². The average molecular weight is 403 g/mol. The van der Waals surface area contributed by atoms with Crippen molar-refractivity contribution in [3.05, 3.63) is 34.6 Å². The minimum Gasteiger partial charge on any atom is -0.338 e. The Kier molecular flexibility index (Phi) is 6.72. The molecule has 7 nitrogen and oxygen atoms in total. The lowest BCUT2D eigenvalue weighted by atomic mass is 10.2. The molecule has 150 valence electrons. The molecule has 1 heterocycles. The van der Waals surface area contributed by atoms with Gasteiger partial charge < -0.3 is 5.32 Å². The van der Waals surface area contributed by atoms with E-state index in [1.54, 1.807) is 16.7 Å². The number of nitrogens with one attached hydrogen (secondary N) is 2. The molecule has 0 bridgehead atoms. The summed E-state index contributed by atoms with van der Waals surface area (Å²) < 4.78 is 1.74. The minimum atomic E-state index is -0.501. The summed E-state index contributed by atoms with van der Waals surface area (Å²) in [4.78, 5) is 41.6. The molecule has 0 unspecified atom stereocenters. The van der Waals surface area contributed by atoms with Crippen molar-refractivity contribution in [3.8, 4) is 0 Å². The Bertz CT molecular complexity index is 919. The molecule has 1 saturated carbocycles. The summed E-state index contributed by atoms with van der Waals surface area (Å²) in [5.41, 5.74) is 0.564. The van der Waals surface area contributed by atoms with Gasteiger partial charge in [-0.1, -0.05) is 50.6 Å². The van der Waals surface area contributed by atoms with Gasteiger partial charge in [0.25, 0.3) is 5.56 Å². The topological polar surface area (TPSA) is 93.1 Å². The zero-order valence-electron chi connectivity index (χ0n) is 16.2. The highest BCUT2D eigenvalue weighted by molar-refractivity contribution is 7.99. The molecule has 3 rings (SSSR count). The molecule has 0 radical (unpaired) electrons. The second kappa shape index (κ2) is 9.23. The van der Waals surface area contributed by atoms with Crippen molar-refractivity contribution in [3.63, 3.8) is 0 Å². The summed E-state index contributed by atoms with van der Waals surface area (Å²) in [6, 6.07) is 6.88. The Labute approximate surface area is 168 Å². The molecule has 1 aromatic heterocycles. The predicted octanol–water partition coefficient (Wildman–Crippen LogP) is 3.09. The maximum Gasteiger partial charge on any atom is 0.321 e. The fraction of sp³-hybridized carbons (Fsp3) is 0.500. The van der Waals surface area contributed by atoms with Gasteiger partial charge in [-0.05, 0) is 30.9 Å². The number of aromatic nitrogens is 2. The first kappa shape index (κ1) is 20.4. The molecule has 0 aliphatic heterocycles. The van der Waals surface area contributed by atoms with Crippen molar-refractivity contribution in [1.82, 2.24) is 20.2 Å². The van der Waals surface area contributed by atoms with Crippen molar-refractivity contribution in [1.29, 1.82) is 0 Å². The summed E-state index contributed by atoms with van der Waals surface area (Å²) in [5.74, 6) is -0.0865. The molecular formula is C20H26N4O3S. The van der Waals surface area contributed by atoms with E-state index in [1.165, 1.54) is 11.8 Å². The molecule has 2 N–H and O–H groups in total. The highest BCUT2D eigenvalue weighted by Gasteiger charge is 2.23. The van der Waals surface area contributed by atoms with Gasteiger partial charge >= 0.3 is 6.03 Å². The lowest BCUT2D eigenvalue weighted by Crippen LogP contribution is -2.41. The molecule has 1 aliphatic rings. The number of carbonyl (C=O) groups excluding carboxylic acids is 2. The SMILES string of the molecule is CC(C)CNC(=O)NC(=O)CSc1nc2ccccc2c(=O)n1C1CCCC1. The van der Waals surface area contributed by atoms with E-state index in [9.17, 15) is 14.4 Å². The third-order valence-electron chi connectivity index (χ3n) is 4.72. The lowest BCUT2D eigenvalue weighted by molar-refractivity contribution is -0.117. The van der Waals surface area contributed by atoms with Gasteiger partial charge in [-0.15, -0.1) is 0 Å². The first-order chi connectivity index (χ1) is 13.5. The Morgan fingerprint density at radius 3 is 2.68 bits per heavy atom.